The van der Waals surface area contributed by atoms with Gasteiger partial charge in [0.2, 0.25) is 10.0 Å². The molecule has 0 aromatic heterocycles. The molecule has 6 nitrogen and oxygen atoms in total. The summed E-state index contributed by atoms with van der Waals surface area (Å²) in [6.45, 7) is 0.378. The maximum absolute atomic E-state index is 12.3. The van der Waals surface area contributed by atoms with E-state index in [1.165, 1.54) is 25.3 Å². The third-order valence-electron chi connectivity index (χ3n) is 3.86. The van der Waals surface area contributed by atoms with Gasteiger partial charge in [-0.25, -0.2) is 13.1 Å². The summed E-state index contributed by atoms with van der Waals surface area (Å²) >= 11 is 0. The van der Waals surface area contributed by atoms with Crippen molar-refractivity contribution in [3.63, 3.8) is 0 Å². The molecule has 1 aromatic rings. The van der Waals surface area contributed by atoms with Gasteiger partial charge in [-0.2, -0.15) is 0 Å². The molecule has 7 heteroatoms. The number of sulfonamides is 1. The van der Waals surface area contributed by atoms with Gasteiger partial charge in [0.1, 0.15) is 10.6 Å². The van der Waals surface area contributed by atoms with Gasteiger partial charge in [-0.1, -0.05) is 0 Å². The Kier molecular flexibility index (Phi) is 5.08. The third-order valence-corrected chi connectivity index (χ3v) is 5.32. The predicted octanol–water partition coefficient (Wildman–Crippen LogP) is 1.11. The number of aliphatic hydroxyl groups is 1. The highest BCUT2D eigenvalue weighted by Gasteiger charge is 2.24. The van der Waals surface area contributed by atoms with Crippen LogP contribution in [0.15, 0.2) is 23.1 Å². The number of anilines is 1. The highest BCUT2D eigenvalue weighted by molar-refractivity contribution is 7.89. The summed E-state index contributed by atoms with van der Waals surface area (Å²) in [5.74, 6) is 0.504. The lowest BCUT2D eigenvalue weighted by Crippen LogP contribution is -2.32. The molecule has 1 saturated carbocycles. The van der Waals surface area contributed by atoms with Gasteiger partial charge in [0.15, 0.2) is 0 Å². The molecule has 0 radical (unpaired) electrons. The van der Waals surface area contributed by atoms with Crippen LogP contribution < -0.4 is 15.2 Å². The number of nitrogen functional groups attached to an aromatic ring is 1. The number of hydrogen-bond acceptors (Lipinski definition) is 5. The first-order valence-corrected chi connectivity index (χ1v) is 8.52. The van der Waals surface area contributed by atoms with Crippen molar-refractivity contribution in [1.29, 1.82) is 0 Å². The van der Waals surface area contributed by atoms with Gasteiger partial charge < -0.3 is 15.6 Å². The first-order chi connectivity index (χ1) is 9.92. The molecule has 2 rings (SSSR count). The van der Waals surface area contributed by atoms with Gasteiger partial charge in [-0.15, -0.1) is 0 Å². The highest BCUT2D eigenvalue weighted by atomic mass is 32.2. The Balaban J connectivity index is 2.05. The Labute approximate surface area is 125 Å². The lowest BCUT2D eigenvalue weighted by molar-refractivity contribution is 0.109. The van der Waals surface area contributed by atoms with Gasteiger partial charge in [0.25, 0.3) is 0 Å². The largest absolute Gasteiger partial charge is 0.495 e. The number of rotatable bonds is 5. The molecule has 0 aliphatic heterocycles. The monoisotopic (exact) mass is 314 g/mol. The molecule has 4 N–H and O–H groups in total. The summed E-state index contributed by atoms with van der Waals surface area (Å²) in [6.07, 6.45) is 2.90. The van der Waals surface area contributed by atoms with E-state index in [0.717, 1.165) is 25.7 Å². The van der Waals surface area contributed by atoms with Crippen LogP contribution in [0.5, 0.6) is 5.75 Å². The summed E-state index contributed by atoms with van der Waals surface area (Å²) < 4.78 is 32.4. The summed E-state index contributed by atoms with van der Waals surface area (Å²) in [7, 11) is -2.21. The molecule has 1 fully saturated rings. The van der Waals surface area contributed by atoms with E-state index in [9.17, 15) is 13.5 Å². The second-order valence-corrected chi connectivity index (χ2v) is 7.17. The molecule has 118 valence electrons. The molecule has 0 atom stereocenters. The van der Waals surface area contributed by atoms with Crippen LogP contribution in [0.25, 0.3) is 0 Å². The minimum Gasteiger partial charge on any atom is -0.495 e. The second-order valence-electron chi connectivity index (χ2n) is 5.44. The Hall–Kier alpha value is -1.31. The minimum atomic E-state index is -3.63. The number of hydrogen-bond donors (Lipinski definition) is 3. The lowest BCUT2D eigenvalue weighted by atomic mass is 9.88. The maximum Gasteiger partial charge on any atom is 0.244 e. The van der Waals surface area contributed by atoms with Gasteiger partial charge in [-0.3, -0.25) is 0 Å². The molecular formula is C14H22N2O4S. The van der Waals surface area contributed by atoms with Crippen LogP contribution in [-0.4, -0.2) is 33.3 Å². The van der Waals surface area contributed by atoms with E-state index in [1.807, 2.05) is 0 Å². The smallest absolute Gasteiger partial charge is 0.244 e. The van der Waals surface area contributed by atoms with Crippen LogP contribution in [0.4, 0.5) is 5.69 Å². The van der Waals surface area contributed by atoms with E-state index >= 15 is 0 Å². The van der Waals surface area contributed by atoms with E-state index in [-0.39, 0.29) is 22.7 Å². The zero-order valence-electron chi connectivity index (χ0n) is 12.1. The fourth-order valence-corrected chi connectivity index (χ4v) is 3.83. The van der Waals surface area contributed by atoms with E-state index < -0.39 is 10.0 Å². The van der Waals surface area contributed by atoms with Crippen LogP contribution in [0.2, 0.25) is 0 Å². The molecule has 1 aliphatic carbocycles. The zero-order chi connectivity index (χ0) is 15.5. The first kappa shape index (κ1) is 16.1. The van der Waals surface area contributed by atoms with Crippen LogP contribution in [0.3, 0.4) is 0 Å². The molecular weight excluding hydrogens is 292 g/mol. The summed E-state index contributed by atoms with van der Waals surface area (Å²) in [5.41, 5.74) is 6.08. The van der Waals surface area contributed by atoms with Crippen molar-refractivity contribution in [2.75, 3.05) is 19.4 Å². The van der Waals surface area contributed by atoms with Crippen molar-refractivity contribution in [2.24, 2.45) is 5.92 Å². The molecule has 0 amide bonds. The lowest BCUT2D eigenvalue weighted by Gasteiger charge is -2.25. The number of nitrogens with two attached hydrogens (primary N) is 1. The zero-order valence-corrected chi connectivity index (χ0v) is 12.9. The summed E-state index contributed by atoms with van der Waals surface area (Å²) in [6, 6.07) is 4.47. The first-order valence-electron chi connectivity index (χ1n) is 7.03. The Morgan fingerprint density at radius 3 is 2.62 bits per heavy atom. The topological polar surface area (TPSA) is 102 Å². The molecule has 21 heavy (non-hydrogen) atoms. The van der Waals surface area contributed by atoms with Gasteiger partial charge in [0, 0.05) is 18.3 Å². The van der Waals surface area contributed by atoms with E-state index in [4.69, 9.17) is 10.5 Å². The fourth-order valence-electron chi connectivity index (χ4n) is 2.56. The molecule has 0 heterocycles. The van der Waals surface area contributed by atoms with Crippen molar-refractivity contribution in [1.82, 2.24) is 4.72 Å². The van der Waals surface area contributed by atoms with Crippen molar-refractivity contribution in [3.8, 4) is 5.75 Å². The molecule has 0 unspecified atom stereocenters. The molecule has 0 saturated heterocycles. The number of methoxy groups -OCH3 is 1. The SMILES string of the molecule is COc1cc(N)ccc1S(=O)(=O)NCC1CCC(O)CC1. The van der Waals surface area contributed by atoms with E-state index in [2.05, 4.69) is 4.72 Å². The average molecular weight is 314 g/mol. The molecule has 1 aliphatic rings. The molecule has 0 spiro atoms. The minimum absolute atomic E-state index is 0.0926. The summed E-state index contributed by atoms with van der Waals surface area (Å²) in [5, 5.41) is 9.46. The van der Waals surface area contributed by atoms with Crippen LogP contribution in [0, 0.1) is 5.92 Å². The number of aliphatic hydroxyl groups excluding tert-OH is 1. The number of benzene rings is 1. The van der Waals surface area contributed by atoms with Crippen molar-refractivity contribution >= 4 is 15.7 Å². The number of nitrogens with one attached hydrogen (secondary N) is 1. The molecule has 1 aromatic carbocycles. The second kappa shape index (κ2) is 6.64. The van der Waals surface area contributed by atoms with Crippen LogP contribution >= 0.6 is 0 Å². The van der Waals surface area contributed by atoms with Crippen molar-refractivity contribution in [2.45, 2.75) is 36.7 Å². The normalized spacial score (nSPS) is 23.0. The van der Waals surface area contributed by atoms with Gasteiger partial charge >= 0.3 is 0 Å². The maximum atomic E-state index is 12.3. The van der Waals surface area contributed by atoms with Crippen LogP contribution in [0.1, 0.15) is 25.7 Å². The Morgan fingerprint density at radius 1 is 1.33 bits per heavy atom. The standard InChI is InChI=1S/C14H22N2O4S/c1-20-13-8-11(15)4-7-14(13)21(18,19)16-9-10-2-5-12(17)6-3-10/h4,7-8,10,12,16-17H,2-3,5-6,9,15H2,1H3. The third kappa shape index (κ3) is 4.09. The van der Waals surface area contributed by atoms with Gasteiger partial charge in [0.05, 0.1) is 13.2 Å². The molecule has 0 bridgehead atoms. The number of ether oxygens (including phenoxy) is 1. The average Bonchev–Trinajstić information content (AvgIpc) is 2.46. The quantitative estimate of drug-likeness (QED) is 0.707. The van der Waals surface area contributed by atoms with Crippen LogP contribution in [-0.2, 0) is 10.0 Å². The Bertz CT molecular complexity index is 581. The van der Waals surface area contributed by atoms with Crippen molar-refractivity contribution < 1.29 is 18.3 Å². The van der Waals surface area contributed by atoms with E-state index in [0.29, 0.717) is 12.2 Å². The van der Waals surface area contributed by atoms with E-state index in [1.54, 1.807) is 0 Å². The fraction of sp³-hybridized carbons (Fsp3) is 0.571. The van der Waals surface area contributed by atoms with Gasteiger partial charge in [-0.05, 0) is 43.7 Å². The Morgan fingerprint density at radius 2 is 2.00 bits per heavy atom. The predicted molar refractivity (Wildman–Crippen MR) is 80.6 cm³/mol. The highest BCUT2D eigenvalue weighted by Crippen LogP contribution is 2.27. The van der Waals surface area contributed by atoms with Crippen molar-refractivity contribution in [3.05, 3.63) is 18.2 Å². The summed E-state index contributed by atoms with van der Waals surface area (Å²) in [4.78, 5) is 0.0926.